The van der Waals surface area contributed by atoms with Gasteiger partial charge in [-0.3, -0.25) is 4.68 Å². The van der Waals surface area contributed by atoms with Crippen LogP contribution in [-0.2, 0) is 13.6 Å². The maximum absolute atomic E-state index is 6.21. The lowest BCUT2D eigenvalue weighted by Crippen LogP contribution is -2.40. The van der Waals surface area contributed by atoms with E-state index in [-0.39, 0.29) is 0 Å². The van der Waals surface area contributed by atoms with Gasteiger partial charge in [0.15, 0.2) is 0 Å². The minimum Gasteiger partial charge on any atom is -0.310 e. The average molecular weight is 257 g/mol. The second-order valence-corrected chi connectivity index (χ2v) is 5.29. The minimum atomic E-state index is 0.613. The van der Waals surface area contributed by atoms with Crippen LogP contribution in [0.1, 0.15) is 24.1 Å². The summed E-state index contributed by atoms with van der Waals surface area (Å²) >= 11 is 6.21. The monoisotopic (exact) mass is 256 g/mol. The molecule has 4 nitrogen and oxygen atoms in total. The molecule has 0 aromatic carbocycles. The van der Waals surface area contributed by atoms with Gasteiger partial charge in [-0.2, -0.15) is 5.10 Å². The first-order valence-electron chi connectivity index (χ1n) is 6.18. The van der Waals surface area contributed by atoms with Gasteiger partial charge >= 0.3 is 0 Å². The standard InChI is InChI=1S/C12H21ClN4/c1-9-11(12(13)17(3)15-9)8-14-10-4-6-16(2)7-5-10/h10,14H,4-8H2,1-3H3. The summed E-state index contributed by atoms with van der Waals surface area (Å²) in [6, 6.07) is 0.613. The summed E-state index contributed by atoms with van der Waals surface area (Å²) in [7, 11) is 4.06. The zero-order chi connectivity index (χ0) is 12.4. The van der Waals surface area contributed by atoms with Crippen molar-refractivity contribution >= 4 is 11.6 Å². The summed E-state index contributed by atoms with van der Waals surface area (Å²) in [6.45, 7) is 5.19. The molecule has 0 aliphatic carbocycles. The molecule has 1 aliphatic rings. The highest BCUT2D eigenvalue weighted by atomic mass is 35.5. The summed E-state index contributed by atoms with van der Waals surface area (Å²) in [6.07, 6.45) is 2.43. The summed E-state index contributed by atoms with van der Waals surface area (Å²) in [5.74, 6) is 0. The SMILES string of the molecule is Cc1nn(C)c(Cl)c1CNC1CCN(C)CC1. The van der Waals surface area contributed by atoms with Crippen molar-refractivity contribution in [3.05, 3.63) is 16.4 Å². The maximum atomic E-state index is 6.21. The van der Waals surface area contributed by atoms with Gasteiger partial charge in [-0.05, 0) is 39.9 Å². The fourth-order valence-electron chi connectivity index (χ4n) is 2.33. The Labute approximate surface area is 108 Å². The highest BCUT2D eigenvalue weighted by Crippen LogP contribution is 2.19. The van der Waals surface area contributed by atoms with E-state index >= 15 is 0 Å². The van der Waals surface area contributed by atoms with Crippen LogP contribution in [0.5, 0.6) is 0 Å². The number of hydrogen-bond acceptors (Lipinski definition) is 3. The van der Waals surface area contributed by atoms with Gasteiger partial charge in [0.2, 0.25) is 0 Å². The number of nitrogens with zero attached hydrogens (tertiary/aromatic N) is 3. The maximum Gasteiger partial charge on any atom is 0.131 e. The molecule has 2 heterocycles. The third-order valence-corrected chi connectivity index (χ3v) is 4.03. The molecule has 0 saturated carbocycles. The fraction of sp³-hybridized carbons (Fsp3) is 0.750. The van der Waals surface area contributed by atoms with Crippen molar-refractivity contribution in [2.45, 2.75) is 32.4 Å². The molecule has 0 amide bonds. The normalized spacial score (nSPS) is 18.8. The molecule has 17 heavy (non-hydrogen) atoms. The van der Waals surface area contributed by atoms with Gasteiger partial charge in [0, 0.05) is 25.2 Å². The van der Waals surface area contributed by atoms with Crippen molar-refractivity contribution in [3.63, 3.8) is 0 Å². The van der Waals surface area contributed by atoms with E-state index in [1.165, 1.54) is 25.9 Å². The number of hydrogen-bond donors (Lipinski definition) is 1. The molecule has 5 heteroatoms. The quantitative estimate of drug-likeness (QED) is 0.891. The van der Waals surface area contributed by atoms with Crippen LogP contribution in [0.15, 0.2) is 0 Å². The second-order valence-electron chi connectivity index (χ2n) is 4.94. The van der Waals surface area contributed by atoms with Crippen molar-refractivity contribution in [3.8, 4) is 0 Å². The van der Waals surface area contributed by atoms with Crippen LogP contribution in [0, 0.1) is 6.92 Å². The Kier molecular flexibility index (Phi) is 4.07. The minimum absolute atomic E-state index is 0.613. The van der Waals surface area contributed by atoms with E-state index in [2.05, 4.69) is 22.4 Å². The Morgan fingerprint density at radius 1 is 1.35 bits per heavy atom. The third kappa shape index (κ3) is 3.00. The number of likely N-dealkylation sites (tertiary alicyclic amines) is 1. The van der Waals surface area contributed by atoms with E-state index in [4.69, 9.17) is 11.6 Å². The summed E-state index contributed by atoms with van der Waals surface area (Å²) < 4.78 is 1.74. The molecule has 2 rings (SSSR count). The molecule has 1 N–H and O–H groups in total. The number of piperidine rings is 1. The lowest BCUT2D eigenvalue weighted by atomic mass is 10.1. The smallest absolute Gasteiger partial charge is 0.131 e. The van der Waals surface area contributed by atoms with Crippen molar-refractivity contribution in [2.24, 2.45) is 7.05 Å². The first-order chi connectivity index (χ1) is 8.08. The fourth-order valence-corrected chi connectivity index (χ4v) is 2.58. The molecular weight excluding hydrogens is 236 g/mol. The molecule has 1 aromatic heterocycles. The second kappa shape index (κ2) is 5.38. The van der Waals surface area contributed by atoms with Gasteiger partial charge in [0.1, 0.15) is 5.15 Å². The zero-order valence-corrected chi connectivity index (χ0v) is 11.6. The van der Waals surface area contributed by atoms with Crippen LogP contribution < -0.4 is 5.32 Å². The lowest BCUT2D eigenvalue weighted by molar-refractivity contribution is 0.234. The molecule has 96 valence electrons. The number of rotatable bonds is 3. The van der Waals surface area contributed by atoms with Crippen LogP contribution >= 0.6 is 11.6 Å². The van der Waals surface area contributed by atoms with Gasteiger partial charge < -0.3 is 10.2 Å². The van der Waals surface area contributed by atoms with Crippen LogP contribution in [0.25, 0.3) is 0 Å². The Morgan fingerprint density at radius 3 is 2.53 bits per heavy atom. The lowest BCUT2D eigenvalue weighted by Gasteiger charge is -2.29. The first-order valence-corrected chi connectivity index (χ1v) is 6.55. The molecule has 0 atom stereocenters. The van der Waals surface area contributed by atoms with Gasteiger partial charge in [-0.1, -0.05) is 11.6 Å². The van der Waals surface area contributed by atoms with E-state index in [1.54, 1.807) is 4.68 Å². The Morgan fingerprint density at radius 2 is 2.00 bits per heavy atom. The summed E-state index contributed by atoms with van der Waals surface area (Å²) in [5, 5.41) is 8.66. The molecule has 0 unspecified atom stereocenters. The first kappa shape index (κ1) is 12.9. The molecule has 1 aliphatic heterocycles. The van der Waals surface area contributed by atoms with E-state index in [0.29, 0.717) is 6.04 Å². The molecule has 1 saturated heterocycles. The van der Waals surface area contributed by atoms with Crippen LogP contribution in [-0.4, -0.2) is 40.9 Å². The number of aryl methyl sites for hydroxylation is 2. The summed E-state index contributed by atoms with van der Waals surface area (Å²) in [4.78, 5) is 2.38. The Balaban J connectivity index is 1.89. The molecule has 1 aromatic rings. The molecule has 0 spiro atoms. The van der Waals surface area contributed by atoms with E-state index in [9.17, 15) is 0 Å². The van der Waals surface area contributed by atoms with E-state index in [0.717, 1.165) is 23.0 Å². The molecule has 1 fully saturated rings. The van der Waals surface area contributed by atoms with Crippen molar-refractivity contribution in [1.82, 2.24) is 20.0 Å². The Bertz CT molecular complexity index is 380. The highest BCUT2D eigenvalue weighted by Gasteiger charge is 2.17. The molecule has 0 bridgehead atoms. The zero-order valence-electron chi connectivity index (χ0n) is 10.8. The van der Waals surface area contributed by atoms with Gasteiger partial charge in [0.25, 0.3) is 0 Å². The number of halogens is 1. The highest BCUT2D eigenvalue weighted by molar-refractivity contribution is 6.30. The Hall–Kier alpha value is -0.580. The topological polar surface area (TPSA) is 33.1 Å². The van der Waals surface area contributed by atoms with E-state index < -0.39 is 0 Å². The van der Waals surface area contributed by atoms with Crippen LogP contribution in [0.2, 0.25) is 5.15 Å². The van der Waals surface area contributed by atoms with Crippen molar-refractivity contribution in [2.75, 3.05) is 20.1 Å². The molecule has 0 radical (unpaired) electrons. The predicted molar refractivity (Wildman–Crippen MR) is 70.3 cm³/mol. The largest absolute Gasteiger partial charge is 0.310 e. The van der Waals surface area contributed by atoms with Crippen molar-refractivity contribution < 1.29 is 0 Å². The van der Waals surface area contributed by atoms with Gasteiger partial charge in [-0.25, -0.2) is 0 Å². The average Bonchev–Trinajstić information content (AvgIpc) is 2.54. The van der Waals surface area contributed by atoms with Gasteiger partial charge in [0.05, 0.1) is 5.69 Å². The number of aromatic nitrogens is 2. The van der Waals surface area contributed by atoms with Crippen LogP contribution in [0.3, 0.4) is 0 Å². The predicted octanol–water partition coefficient (Wildman–Crippen LogP) is 1.57. The number of nitrogens with one attached hydrogen (secondary N) is 1. The van der Waals surface area contributed by atoms with Gasteiger partial charge in [-0.15, -0.1) is 0 Å². The van der Waals surface area contributed by atoms with Crippen molar-refractivity contribution in [1.29, 1.82) is 0 Å². The van der Waals surface area contributed by atoms with Crippen LogP contribution in [0.4, 0.5) is 0 Å². The molecular formula is C12H21ClN4. The third-order valence-electron chi connectivity index (χ3n) is 3.56. The summed E-state index contributed by atoms with van der Waals surface area (Å²) in [5.41, 5.74) is 2.16. The van der Waals surface area contributed by atoms with E-state index in [1.807, 2.05) is 14.0 Å².